The van der Waals surface area contributed by atoms with Gasteiger partial charge in [-0.1, -0.05) is 0 Å². The SMILES string of the molecule is NCC(F)(F)COS(=O)(=O)C(F)(F)F. The molecule has 0 bridgehead atoms. The first-order chi connectivity index (χ1) is 6.02. The molecule has 0 aliphatic heterocycles. The molecule has 0 radical (unpaired) electrons. The van der Waals surface area contributed by atoms with Gasteiger partial charge in [0, 0.05) is 0 Å². The van der Waals surface area contributed by atoms with Gasteiger partial charge in [0.05, 0.1) is 6.54 Å². The fourth-order valence-corrected chi connectivity index (χ4v) is 0.751. The zero-order chi connectivity index (χ0) is 11.6. The molecule has 0 amide bonds. The summed E-state index contributed by atoms with van der Waals surface area (Å²) in [4.78, 5) is 0. The number of halogens is 5. The Kier molecular flexibility index (Phi) is 3.81. The lowest BCUT2D eigenvalue weighted by Gasteiger charge is -2.14. The Morgan fingerprint density at radius 1 is 1.14 bits per heavy atom. The third-order valence-electron chi connectivity index (χ3n) is 1.01. The second-order valence-corrected chi connectivity index (χ2v) is 3.83. The second kappa shape index (κ2) is 3.95. The minimum Gasteiger partial charge on any atom is -0.325 e. The van der Waals surface area contributed by atoms with E-state index in [0.29, 0.717) is 0 Å². The highest BCUT2D eigenvalue weighted by atomic mass is 32.2. The Morgan fingerprint density at radius 3 is 1.86 bits per heavy atom. The van der Waals surface area contributed by atoms with Crippen molar-refractivity contribution in [3.8, 4) is 0 Å². The summed E-state index contributed by atoms with van der Waals surface area (Å²) in [6.45, 7) is -3.23. The van der Waals surface area contributed by atoms with Gasteiger partial charge in [0.25, 0.3) is 5.92 Å². The molecule has 0 spiro atoms. The quantitative estimate of drug-likeness (QED) is 0.442. The lowest BCUT2D eigenvalue weighted by Crippen LogP contribution is -2.36. The van der Waals surface area contributed by atoms with E-state index < -0.39 is 34.7 Å². The van der Waals surface area contributed by atoms with Gasteiger partial charge in [-0.05, 0) is 0 Å². The van der Waals surface area contributed by atoms with E-state index >= 15 is 0 Å². The van der Waals surface area contributed by atoms with Gasteiger partial charge in [0.1, 0.15) is 6.61 Å². The third kappa shape index (κ3) is 3.72. The molecule has 0 saturated heterocycles. The molecule has 0 atom stereocenters. The van der Waals surface area contributed by atoms with Gasteiger partial charge >= 0.3 is 15.6 Å². The highest BCUT2D eigenvalue weighted by Gasteiger charge is 2.48. The number of hydrogen-bond acceptors (Lipinski definition) is 4. The predicted octanol–water partition coefficient (Wildman–Crippen LogP) is 0.447. The van der Waals surface area contributed by atoms with Crippen molar-refractivity contribution in [1.82, 2.24) is 0 Å². The normalized spacial score (nSPS) is 14.4. The molecule has 14 heavy (non-hydrogen) atoms. The summed E-state index contributed by atoms with van der Waals surface area (Å²) in [5.41, 5.74) is -1.27. The fraction of sp³-hybridized carbons (Fsp3) is 1.00. The molecule has 0 rings (SSSR count). The van der Waals surface area contributed by atoms with Crippen molar-refractivity contribution in [3.05, 3.63) is 0 Å². The van der Waals surface area contributed by atoms with Gasteiger partial charge in [0.2, 0.25) is 0 Å². The van der Waals surface area contributed by atoms with E-state index in [1.54, 1.807) is 0 Å². The van der Waals surface area contributed by atoms with Crippen LogP contribution in [0.3, 0.4) is 0 Å². The van der Waals surface area contributed by atoms with Crippen LogP contribution in [-0.2, 0) is 14.3 Å². The fourth-order valence-electron chi connectivity index (χ4n) is 0.290. The Balaban J connectivity index is 4.43. The average Bonchev–Trinajstić information content (AvgIpc) is 1.99. The van der Waals surface area contributed by atoms with Crippen molar-refractivity contribution in [1.29, 1.82) is 0 Å². The highest BCUT2D eigenvalue weighted by molar-refractivity contribution is 7.87. The van der Waals surface area contributed by atoms with Crippen molar-refractivity contribution in [2.75, 3.05) is 13.2 Å². The first-order valence-corrected chi connectivity index (χ1v) is 4.46. The molecule has 10 heteroatoms. The van der Waals surface area contributed by atoms with E-state index in [-0.39, 0.29) is 0 Å². The Morgan fingerprint density at radius 2 is 1.57 bits per heavy atom. The van der Waals surface area contributed by atoms with Crippen LogP contribution in [0.5, 0.6) is 0 Å². The molecular formula is C4H6F5NO3S. The molecule has 0 unspecified atom stereocenters. The summed E-state index contributed by atoms with van der Waals surface area (Å²) < 4.78 is 82.2. The molecule has 0 aliphatic carbocycles. The van der Waals surface area contributed by atoms with E-state index in [0.717, 1.165) is 0 Å². The van der Waals surface area contributed by atoms with Gasteiger partial charge in [-0.3, -0.25) is 4.18 Å². The summed E-state index contributed by atoms with van der Waals surface area (Å²) in [5, 5.41) is 0. The van der Waals surface area contributed by atoms with E-state index in [1.807, 2.05) is 0 Å². The van der Waals surface area contributed by atoms with Crippen LogP contribution < -0.4 is 5.73 Å². The van der Waals surface area contributed by atoms with Gasteiger partial charge in [-0.25, -0.2) is 8.78 Å². The standard InChI is InChI=1S/C4H6F5NO3S/c5-3(6,1-10)2-13-14(11,12)4(7,8)9/h1-2,10H2. The van der Waals surface area contributed by atoms with Crippen LogP contribution in [0.25, 0.3) is 0 Å². The predicted molar refractivity (Wildman–Crippen MR) is 34.9 cm³/mol. The zero-order valence-electron chi connectivity index (χ0n) is 6.51. The Bertz CT molecular complexity index is 284. The molecular weight excluding hydrogens is 237 g/mol. The number of nitrogens with two attached hydrogens (primary N) is 1. The van der Waals surface area contributed by atoms with Gasteiger partial charge in [0.15, 0.2) is 0 Å². The smallest absolute Gasteiger partial charge is 0.325 e. The maximum Gasteiger partial charge on any atom is 0.523 e. The molecule has 0 aromatic heterocycles. The van der Waals surface area contributed by atoms with Gasteiger partial charge < -0.3 is 5.73 Å². The van der Waals surface area contributed by atoms with Crippen molar-refractivity contribution < 1.29 is 34.6 Å². The van der Waals surface area contributed by atoms with Crippen molar-refractivity contribution in [3.63, 3.8) is 0 Å². The van der Waals surface area contributed by atoms with Crippen molar-refractivity contribution >= 4 is 10.1 Å². The number of hydrogen-bond donors (Lipinski definition) is 1. The maximum absolute atomic E-state index is 12.2. The van der Waals surface area contributed by atoms with Crippen LogP contribution in [0.2, 0.25) is 0 Å². The molecule has 0 saturated carbocycles. The molecule has 0 aliphatic rings. The monoisotopic (exact) mass is 243 g/mol. The minimum atomic E-state index is -5.98. The van der Waals surface area contributed by atoms with Crippen LogP contribution in [-0.4, -0.2) is 33.0 Å². The molecule has 0 fully saturated rings. The summed E-state index contributed by atoms with van der Waals surface area (Å²) in [6.07, 6.45) is 0. The molecule has 0 aromatic rings. The summed E-state index contributed by atoms with van der Waals surface area (Å²) in [6, 6.07) is 0. The maximum atomic E-state index is 12.2. The number of alkyl halides is 5. The molecule has 2 N–H and O–H groups in total. The van der Waals surface area contributed by atoms with Crippen molar-refractivity contribution in [2.24, 2.45) is 5.73 Å². The summed E-state index contributed by atoms with van der Waals surface area (Å²) >= 11 is 0. The van der Waals surface area contributed by atoms with E-state index in [9.17, 15) is 30.4 Å². The highest BCUT2D eigenvalue weighted by Crippen LogP contribution is 2.26. The van der Waals surface area contributed by atoms with Gasteiger partial charge in [-0.2, -0.15) is 21.6 Å². The van der Waals surface area contributed by atoms with E-state index in [1.165, 1.54) is 0 Å². The number of rotatable bonds is 4. The van der Waals surface area contributed by atoms with Crippen LogP contribution in [0, 0.1) is 0 Å². The first kappa shape index (κ1) is 13.5. The largest absolute Gasteiger partial charge is 0.523 e. The Hall–Kier alpha value is -0.480. The Labute approximate surface area is 75.9 Å². The third-order valence-corrected chi connectivity index (χ3v) is 2.00. The lowest BCUT2D eigenvalue weighted by atomic mass is 10.4. The van der Waals surface area contributed by atoms with Crippen LogP contribution in [0.1, 0.15) is 0 Å². The van der Waals surface area contributed by atoms with E-state index in [4.69, 9.17) is 0 Å². The molecule has 4 nitrogen and oxygen atoms in total. The molecule has 0 heterocycles. The first-order valence-electron chi connectivity index (χ1n) is 3.05. The van der Waals surface area contributed by atoms with Crippen molar-refractivity contribution in [2.45, 2.75) is 11.4 Å². The van der Waals surface area contributed by atoms with Crippen LogP contribution in [0.4, 0.5) is 22.0 Å². The van der Waals surface area contributed by atoms with Crippen LogP contribution >= 0.6 is 0 Å². The molecule has 86 valence electrons. The zero-order valence-corrected chi connectivity index (χ0v) is 7.33. The van der Waals surface area contributed by atoms with E-state index in [2.05, 4.69) is 9.92 Å². The lowest BCUT2D eigenvalue weighted by molar-refractivity contribution is -0.0691. The second-order valence-electron chi connectivity index (χ2n) is 2.22. The van der Waals surface area contributed by atoms with Crippen LogP contribution in [0.15, 0.2) is 0 Å². The minimum absolute atomic E-state index is 1.31. The average molecular weight is 243 g/mol. The topological polar surface area (TPSA) is 69.4 Å². The van der Waals surface area contributed by atoms with Gasteiger partial charge in [-0.15, -0.1) is 0 Å². The summed E-state index contributed by atoms with van der Waals surface area (Å²) in [5.74, 6) is -3.81. The molecule has 0 aromatic carbocycles. The summed E-state index contributed by atoms with van der Waals surface area (Å²) in [7, 11) is -5.98.